The van der Waals surface area contributed by atoms with E-state index in [9.17, 15) is 24.0 Å². The van der Waals surface area contributed by atoms with E-state index in [1.165, 1.54) is 21.1 Å². The van der Waals surface area contributed by atoms with E-state index in [0.717, 1.165) is 19.4 Å². The van der Waals surface area contributed by atoms with Gasteiger partial charge in [-0.1, -0.05) is 21.8 Å². The van der Waals surface area contributed by atoms with Crippen LogP contribution in [-0.4, -0.2) is 70.1 Å². The summed E-state index contributed by atoms with van der Waals surface area (Å²) >= 11 is 0. The Morgan fingerprint density at radius 1 is 1.09 bits per heavy atom. The molecule has 1 rings (SSSR count). The van der Waals surface area contributed by atoms with Crippen LogP contribution in [-0.2, 0) is 33.5 Å². The van der Waals surface area contributed by atoms with Gasteiger partial charge in [0.05, 0.1) is 7.11 Å². The molecular weight excluding hydrogens is 432 g/mol. The van der Waals surface area contributed by atoms with Crippen molar-refractivity contribution in [1.29, 1.82) is 0 Å². The summed E-state index contributed by atoms with van der Waals surface area (Å²) in [6.45, 7) is 6.49. The second kappa shape index (κ2) is 36.5. The van der Waals surface area contributed by atoms with Crippen LogP contribution < -0.4 is 21.7 Å². The fourth-order valence-corrected chi connectivity index (χ4v) is 1.42. The first kappa shape index (κ1) is 44.0. The van der Waals surface area contributed by atoms with E-state index in [2.05, 4.69) is 26.4 Å². The molecule has 0 atom stereocenters. The summed E-state index contributed by atoms with van der Waals surface area (Å²) in [5, 5.41) is 7.53. The van der Waals surface area contributed by atoms with Crippen molar-refractivity contribution in [2.24, 2.45) is 5.73 Å². The maximum atomic E-state index is 10.7. The monoisotopic (exact) mass is 480 g/mol. The van der Waals surface area contributed by atoms with E-state index in [4.69, 9.17) is 4.79 Å². The molecule has 1 saturated heterocycles. The number of methoxy groups -OCH3 is 1. The minimum atomic E-state index is -0.107. The molecule has 11 heteroatoms. The number of hydrogen-bond donors (Lipinski definition) is 4. The van der Waals surface area contributed by atoms with Crippen LogP contribution in [0.1, 0.15) is 74.1 Å². The van der Waals surface area contributed by atoms with Gasteiger partial charge in [0.2, 0.25) is 17.7 Å². The van der Waals surface area contributed by atoms with Crippen LogP contribution in [0.4, 0.5) is 0 Å². The molecule has 0 spiro atoms. The summed E-state index contributed by atoms with van der Waals surface area (Å²) in [5.74, 6) is 0.438. The third-order valence-electron chi connectivity index (χ3n) is 3.15. The van der Waals surface area contributed by atoms with E-state index in [1.807, 2.05) is 6.92 Å². The number of ether oxygens (including phenoxy) is 1. The molecule has 0 aliphatic carbocycles. The highest BCUT2D eigenvalue weighted by Crippen LogP contribution is 1.98. The highest BCUT2D eigenvalue weighted by molar-refractivity contribution is 5.81. The molecule has 0 saturated carbocycles. The van der Waals surface area contributed by atoms with Crippen LogP contribution in [0, 0.1) is 0 Å². The number of carbonyl (C=O) groups is 6. The number of nitrogens with one attached hydrogen (secondary N) is 3. The molecule has 33 heavy (non-hydrogen) atoms. The normalized spacial score (nSPS) is 9.36. The number of Topliss-reactive ketones (excluding diaryl/α,β-unsaturated/α-hetero) is 2. The van der Waals surface area contributed by atoms with Crippen LogP contribution in [0.3, 0.4) is 0 Å². The molecule has 3 amide bonds. The number of ketones is 2. The number of β-lactam (4-membered cyclic amide) rings is 1. The van der Waals surface area contributed by atoms with Crippen molar-refractivity contribution in [3.63, 3.8) is 0 Å². The minimum absolute atomic E-state index is 0. The smallest absolute Gasteiger partial charge is 0.292 e. The maximum absolute atomic E-state index is 10.7. The van der Waals surface area contributed by atoms with Crippen molar-refractivity contribution in [3.05, 3.63) is 0 Å². The quantitative estimate of drug-likeness (QED) is 0.280. The van der Waals surface area contributed by atoms with Crippen LogP contribution in [0.2, 0.25) is 0 Å². The summed E-state index contributed by atoms with van der Waals surface area (Å²) < 4.78 is 3.86. The summed E-state index contributed by atoms with van der Waals surface area (Å²) in [5.41, 5.74) is 4.50. The van der Waals surface area contributed by atoms with Gasteiger partial charge in [-0.15, -0.1) is 0 Å². The molecule has 1 fully saturated rings. The van der Waals surface area contributed by atoms with E-state index >= 15 is 0 Å². The second-order valence-corrected chi connectivity index (χ2v) is 5.79. The highest BCUT2D eigenvalue weighted by Gasteiger charge is 2.07. The molecule has 1 aliphatic rings. The fourth-order valence-electron chi connectivity index (χ4n) is 1.42. The van der Waals surface area contributed by atoms with Crippen molar-refractivity contribution >= 4 is 35.8 Å². The van der Waals surface area contributed by atoms with Crippen LogP contribution in [0.15, 0.2) is 0 Å². The molecule has 0 bridgehead atoms. The molecule has 1 aliphatic heterocycles. The second-order valence-electron chi connectivity index (χ2n) is 5.79. The molecule has 0 radical (unpaired) electrons. The zero-order valence-corrected chi connectivity index (χ0v) is 19.7. The molecule has 0 aromatic heterocycles. The van der Waals surface area contributed by atoms with Crippen molar-refractivity contribution in [2.75, 3.05) is 34.3 Å². The van der Waals surface area contributed by atoms with E-state index in [0.29, 0.717) is 38.7 Å². The third kappa shape index (κ3) is 52.9. The molecule has 11 nitrogen and oxygen atoms in total. The van der Waals surface area contributed by atoms with Gasteiger partial charge in [0.1, 0.15) is 11.6 Å². The van der Waals surface area contributed by atoms with Gasteiger partial charge in [0.25, 0.3) is 6.47 Å². The average molecular weight is 481 g/mol. The maximum Gasteiger partial charge on any atom is 0.292 e. The Bertz CT molecular complexity index is 475. The summed E-state index contributed by atoms with van der Waals surface area (Å²) in [6.07, 6.45) is 3.51. The van der Waals surface area contributed by atoms with Gasteiger partial charge < -0.3 is 31.2 Å². The number of amides is 3. The first-order chi connectivity index (χ1) is 14.6. The van der Waals surface area contributed by atoms with Crippen molar-refractivity contribution in [2.45, 2.75) is 74.1 Å². The topological polar surface area (TPSA) is 174 Å². The van der Waals surface area contributed by atoms with E-state index in [-0.39, 0.29) is 44.1 Å². The van der Waals surface area contributed by atoms with Crippen LogP contribution >= 0.6 is 0 Å². The van der Waals surface area contributed by atoms with Crippen molar-refractivity contribution < 1.29 is 33.5 Å². The lowest BCUT2D eigenvalue weighted by atomic mass is 10.1. The van der Waals surface area contributed by atoms with E-state index in [1.54, 1.807) is 14.0 Å². The Morgan fingerprint density at radius 3 is 1.79 bits per heavy atom. The van der Waals surface area contributed by atoms with Gasteiger partial charge in [-0.3, -0.25) is 24.0 Å². The zero-order chi connectivity index (χ0) is 25.1. The molecule has 1 heterocycles. The van der Waals surface area contributed by atoms with E-state index < -0.39 is 0 Å². The number of rotatable bonds is 9. The molecule has 198 valence electrons. The Labute approximate surface area is 200 Å². The largest absolute Gasteiger partial charge is 0.471 e. The van der Waals surface area contributed by atoms with Gasteiger partial charge in [-0.05, 0) is 20.4 Å². The summed E-state index contributed by atoms with van der Waals surface area (Å²) in [7, 11) is 4.38. The number of hydrogen-bond acceptors (Lipinski definition) is 8. The lowest BCUT2D eigenvalue weighted by Gasteiger charge is -2.10. The first-order valence-corrected chi connectivity index (χ1v) is 9.91. The minimum Gasteiger partial charge on any atom is -0.471 e. The highest BCUT2D eigenvalue weighted by atomic mass is 16.5. The Hall–Kier alpha value is -2.82. The van der Waals surface area contributed by atoms with Gasteiger partial charge in [-0.2, -0.15) is 0 Å². The van der Waals surface area contributed by atoms with Gasteiger partial charge in [0, 0.05) is 59.2 Å². The Balaban J connectivity index is -0.0000000740. The molecule has 5 N–H and O–H groups in total. The standard InChI is InChI=1S/C8H14O2.C6H12N2O2.C3H5NO.C2H4O2.CH5N.2CH4/c1-3-8(10)6-4-5-7(2)9;1-5(9)8-4-3-6(10)7-2;5-3-1-2-4-3;1-4-2-3;1-2;;/h3-6H2,1-2H3;3-4H2,1-2H3,(H,7,10)(H,8,9);1-2H2,(H,4,5);2H,1H3;2H2,1H3;2*1H4. The Kier molecular flexibility index (Phi) is 48.7. The molecule has 0 aromatic carbocycles. The van der Waals surface area contributed by atoms with Crippen molar-refractivity contribution in [3.8, 4) is 0 Å². The predicted molar refractivity (Wildman–Crippen MR) is 131 cm³/mol. The van der Waals surface area contributed by atoms with Crippen LogP contribution in [0.25, 0.3) is 0 Å². The third-order valence-corrected chi connectivity index (χ3v) is 3.15. The number of nitrogens with two attached hydrogens (primary N) is 1. The average Bonchev–Trinajstić information content (AvgIpc) is 2.73. The summed E-state index contributed by atoms with van der Waals surface area (Å²) in [6, 6.07) is 0. The van der Waals surface area contributed by atoms with Gasteiger partial charge >= 0.3 is 0 Å². The lowest BCUT2D eigenvalue weighted by molar-refractivity contribution is -0.126. The predicted octanol–water partition coefficient (Wildman–Crippen LogP) is 1.13. The molecule has 0 aromatic rings. The SMILES string of the molecule is C.C.CCC(=O)CCCC(C)=O.CN.CNC(=O)CCNC(C)=O.COC=O.O=C1CCN1. The molecule has 0 unspecified atom stereocenters. The fraction of sp³-hybridized carbons (Fsp3) is 0.727. The van der Waals surface area contributed by atoms with Crippen molar-refractivity contribution in [1.82, 2.24) is 16.0 Å². The van der Waals surface area contributed by atoms with Crippen LogP contribution in [0.5, 0.6) is 0 Å². The zero-order valence-electron chi connectivity index (χ0n) is 19.7. The molecular formula is C22H48N4O7. The lowest BCUT2D eigenvalue weighted by Crippen LogP contribution is -2.37. The summed E-state index contributed by atoms with van der Waals surface area (Å²) in [4.78, 5) is 60.6. The van der Waals surface area contributed by atoms with Gasteiger partial charge in [0.15, 0.2) is 0 Å². The number of carbonyl (C=O) groups excluding carboxylic acids is 6. The van der Waals surface area contributed by atoms with Gasteiger partial charge in [-0.25, -0.2) is 0 Å². The first-order valence-electron chi connectivity index (χ1n) is 9.91. The Morgan fingerprint density at radius 2 is 1.55 bits per heavy atom.